The van der Waals surface area contributed by atoms with Gasteiger partial charge in [0.1, 0.15) is 22.8 Å². The number of rotatable bonds is 4. The van der Waals surface area contributed by atoms with Gasteiger partial charge in [0.2, 0.25) is 0 Å². The fourth-order valence-corrected chi connectivity index (χ4v) is 3.66. The lowest BCUT2D eigenvalue weighted by atomic mass is 10.1. The Balaban J connectivity index is 1.70. The summed E-state index contributed by atoms with van der Waals surface area (Å²) < 4.78 is 13.2. The van der Waals surface area contributed by atoms with Crippen LogP contribution in [0.15, 0.2) is 60.2 Å². The first-order valence-corrected chi connectivity index (χ1v) is 8.86. The van der Waals surface area contributed by atoms with Crippen LogP contribution in [-0.4, -0.2) is 9.97 Å². The van der Waals surface area contributed by atoms with Crippen LogP contribution in [0.4, 0.5) is 10.2 Å². The summed E-state index contributed by atoms with van der Waals surface area (Å²) in [6.45, 7) is 2.76. The first-order valence-electron chi connectivity index (χ1n) is 7.98. The Bertz CT molecular complexity index is 1010. The first-order chi connectivity index (χ1) is 12.2. The zero-order chi connectivity index (χ0) is 17.2. The van der Waals surface area contributed by atoms with E-state index in [9.17, 15) is 4.39 Å². The molecule has 0 spiro atoms. The van der Waals surface area contributed by atoms with E-state index in [0.717, 1.165) is 27.2 Å². The predicted molar refractivity (Wildman–Crippen MR) is 101 cm³/mol. The van der Waals surface area contributed by atoms with Gasteiger partial charge in [0.25, 0.3) is 0 Å². The highest BCUT2D eigenvalue weighted by Gasteiger charge is 2.13. The number of halogens is 1. The number of hydrogen-bond donors (Lipinski definition) is 1. The molecule has 4 aromatic rings. The van der Waals surface area contributed by atoms with Gasteiger partial charge in [-0.05, 0) is 30.2 Å². The maximum Gasteiger partial charge on any atom is 0.139 e. The van der Waals surface area contributed by atoms with Crippen molar-refractivity contribution >= 4 is 27.4 Å². The van der Waals surface area contributed by atoms with E-state index in [0.29, 0.717) is 6.54 Å². The molecular weight excluding hydrogens is 333 g/mol. The average Bonchev–Trinajstić information content (AvgIpc) is 3.07. The Hall–Kier alpha value is -2.79. The fourth-order valence-electron chi connectivity index (χ4n) is 2.74. The Kier molecular flexibility index (Phi) is 4.15. The summed E-state index contributed by atoms with van der Waals surface area (Å²) in [6, 6.07) is 14.9. The van der Waals surface area contributed by atoms with Crippen molar-refractivity contribution in [1.29, 1.82) is 0 Å². The quantitative estimate of drug-likeness (QED) is 0.535. The van der Waals surface area contributed by atoms with Crippen LogP contribution in [0.5, 0.6) is 0 Å². The van der Waals surface area contributed by atoms with Crippen LogP contribution in [0.3, 0.4) is 0 Å². The second-order valence-corrected chi connectivity index (χ2v) is 6.76. The van der Waals surface area contributed by atoms with Gasteiger partial charge in [-0.2, -0.15) is 0 Å². The van der Waals surface area contributed by atoms with Crippen molar-refractivity contribution in [1.82, 2.24) is 9.97 Å². The molecule has 0 aliphatic carbocycles. The molecule has 2 aromatic carbocycles. The number of nitrogens with zero attached hydrogens (tertiary/aromatic N) is 2. The van der Waals surface area contributed by atoms with Crippen LogP contribution in [0.1, 0.15) is 11.1 Å². The van der Waals surface area contributed by atoms with E-state index in [1.807, 2.05) is 5.38 Å². The summed E-state index contributed by atoms with van der Waals surface area (Å²) in [7, 11) is 0. The predicted octanol–water partition coefficient (Wildman–Crippen LogP) is 5.42. The molecule has 2 heterocycles. The molecule has 0 amide bonds. The lowest BCUT2D eigenvalue weighted by Gasteiger charge is -2.09. The molecule has 0 radical (unpaired) electrons. The second-order valence-electron chi connectivity index (χ2n) is 5.90. The van der Waals surface area contributed by atoms with E-state index in [1.54, 1.807) is 29.8 Å². The monoisotopic (exact) mass is 349 g/mol. The molecule has 0 aliphatic heterocycles. The molecule has 4 rings (SSSR count). The maximum absolute atomic E-state index is 13.2. The Morgan fingerprint density at radius 3 is 2.52 bits per heavy atom. The lowest BCUT2D eigenvalue weighted by molar-refractivity contribution is 0.628. The van der Waals surface area contributed by atoms with Crippen molar-refractivity contribution in [2.75, 3.05) is 5.32 Å². The summed E-state index contributed by atoms with van der Waals surface area (Å²) in [5.74, 6) is 0.559. The minimum atomic E-state index is -0.239. The topological polar surface area (TPSA) is 37.8 Å². The van der Waals surface area contributed by atoms with Gasteiger partial charge >= 0.3 is 0 Å². The number of aromatic nitrogens is 2. The molecule has 0 unspecified atom stereocenters. The number of hydrogen-bond acceptors (Lipinski definition) is 4. The zero-order valence-corrected chi connectivity index (χ0v) is 14.5. The third kappa shape index (κ3) is 3.23. The number of nitrogens with one attached hydrogen (secondary N) is 1. The minimum Gasteiger partial charge on any atom is -0.365 e. The number of thiophene rings is 1. The first kappa shape index (κ1) is 15.7. The van der Waals surface area contributed by atoms with Crippen LogP contribution in [0.2, 0.25) is 0 Å². The smallest absolute Gasteiger partial charge is 0.139 e. The summed E-state index contributed by atoms with van der Waals surface area (Å²) >= 11 is 1.57. The highest BCUT2D eigenvalue weighted by Crippen LogP contribution is 2.36. The van der Waals surface area contributed by atoms with Crippen molar-refractivity contribution < 1.29 is 4.39 Å². The van der Waals surface area contributed by atoms with Crippen LogP contribution in [0, 0.1) is 12.7 Å². The van der Waals surface area contributed by atoms with E-state index in [2.05, 4.69) is 46.5 Å². The highest BCUT2D eigenvalue weighted by atomic mass is 32.1. The van der Waals surface area contributed by atoms with E-state index in [-0.39, 0.29) is 5.82 Å². The molecule has 2 aromatic heterocycles. The molecular formula is C20H16FN3S. The Morgan fingerprint density at radius 2 is 1.76 bits per heavy atom. The second kappa shape index (κ2) is 6.61. The molecule has 1 N–H and O–H groups in total. The Morgan fingerprint density at radius 1 is 1.00 bits per heavy atom. The van der Waals surface area contributed by atoms with Crippen molar-refractivity contribution in [2.24, 2.45) is 0 Å². The van der Waals surface area contributed by atoms with Crippen molar-refractivity contribution in [3.05, 3.63) is 77.2 Å². The normalized spacial score (nSPS) is 11.0. The standard InChI is InChI=1S/C20H16FN3S/c1-13-2-4-14(5-3-13)10-22-19-18-17(11-25-20(18)24-12-23-19)15-6-8-16(21)9-7-15/h2-9,11-12H,10H2,1H3,(H,22,23,24). The Labute approximate surface area is 149 Å². The molecule has 0 saturated carbocycles. The molecule has 25 heavy (non-hydrogen) atoms. The molecule has 5 heteroatoms. The summed E-state index contributed by atoms with van der Waals surface area (Å²) in [5.41, 5.74) is 4.41. The van der Waals surface area contributed by atoms with Crippen LogP contribution < -0.4 is 5.32 Å². The van der Waals surface area contributed by atoms with E-state index in [4.69, 9.17) is 0 Å². The number of aryl methyl sites for hydroxylation is 1. The van der Waals surface area contributed by atoms with Gasteiger partial charge < -0.3 is 5.32 Å². The average molecular weight is 349 g/mol. The van der Waals surface area contributed by atoms with Crippen LogP contribution in [0.25, 0.3) is 21.3 Å². The highest BCUT2D eigenvalue weighted by molar-refractivity contribution is 7.17. The van der Waals surface area contributed by atoms with Crippen LogP contribution >= 0.6 is 11.3 Å². The van der Waals surface area contributed by atoms with Crippen LogP contribution in [-0.2, 0) is 6.54 Å². The molecule has 0 bridgehead atoms. The maximum atomic E-state index is 13.2. The van der Waals surface area contributed by atoms with Gasteiger partial charge in [-0.15, -0.1) is 11.3 Å². The zero-order valence-electron chi connectivity index (χ0n) is 13.7. The molecule has 124 valence electrons. The van der Waals surface area contributed by atoms with E-state index in [1.165, 1.54) is 23.3 Å². The molecule has 0 fully saturated rings. The SMILES string of the molecule is Cc1ccc(CNc2ncnc3scc(-c4ccc(F)cc4)c23)cc1. The molecule has 0 aliphatic rings. The lowest BCUT2D eigenvalue weighted by Crippen LogP contribution is -2.02. The third-order valence-electron chi connectivity index (χ3n) is 4.11. The van der Waals surface area contributed by atoms with E-state index >= 15 is 0 Å². The summed E-state index contributed by atoms with van der Waals surface area (Å²) in [4.78, 5) is 9.71. The fraction of sp³-hybridized carbons (Fsp3) is 0.100. The van der Waals surface area contributed by atoms with Gasteiger partial charge in [-0.1, -0.05) is 42.0 Å². The van der Waals surface area contributed by atoms with Crippen molar-refractivity contribution in [3.63, 3.8) is 0 Å². The van der Waals surface area contributed by atoms with E-state index < -0.39 is 0 Å². The minimum absolute atomic E-state index is 0.239. The van der Waals surface area contributed by atoms with Gasteiger partial charge in [0.05, 0.1) is 5.39 Å². The summed E-state index contributed by atoms with van der Waals surface area (Å²) in [6.07, 6.45) is 1.57. The van der Waals surface area contributed by atoms with Crippen molar-refractivity contribution in [2.45, 2.75) is 13.5 Å². The number of anilines is 1. The van der Waals surface area contributed by atoms with Crippen molar-refractivity contribution in [3.8, 4) is 11.1 Å². The number of benzene rings is 2. The molecule has 0 atom stereocenters. The number of fused-ring (bicyclic) bond motifs is 1. The van der Waals surface area contributed by atoms with Gasteiger partial charge in [-0.25, -0.2) is 14.4 Å². The largest absolute Gasteiger partial charge is 0.365 e. The summed E-state index contributed by atoms with van der Waals surface area (Å²) in [5, 5.41) is 6.44. The van der Waals surface area contributed by atoms with Gasteiger partial charge in [-0.3, -0.25) is 0 Å². The van der Waals surface area contributed by atoms with Gasteiger partial charge in [0, 0.05) is 17.5 Å². The molecule has 0 saturated heterocycles. The third-order valence-corrected chi connectivity index (χ3v) is 4.99. The molecule has 3 nitrogen and oxygen atoms in total. The van der Waals surface area contributed by atoms with Gasteiger partial charge in [0.15, 0.2) is 0 Å².